The number of nitrogens with zero attached hydrogens (tertiary/aromatic N) is 8. The fraction of sp³-hybridized carbons (Fsp3) is 0.490. The van der Waals surface area contributed by atoms with Gasteiger partial charge in [0.05, 0.1) is 59.4 Å². The van der Waals surface area contributed by atoms with E-state index in [0.717, 1.165) is 87.6 Å². The molecule has 18 heteroatoms. The van der Waals surface area contributed by atoms with Crippen LogP contribution in [-0.4, -0.2) is 121 Å². The van der Waals surface area contributed by atoms with Gasteiger partial charge in [0.2, 0.25) is 11.8 Å². The number of anilines is 2. The number of morpholine rings is 1. The molecule has 11 rings (SSSR count). The Labute approximate surface area is 385 Å². The van der Waals surface area contributed by atoms with E-state index in [-0.39, 0.29) is 65.2 Å². The number of halogens is 2. The number of hydrogen-bond acceptors (Lipinski definition) is 11. The lowest BCUT2D eigenvalue weighted by Gasteiger charge is -2.38. The summed E-state index contributed by atoms with van der Waals surface area (Å²) in [6.45, 7) is 4.82. The van der Waals surface area contributed by atoms with Gasteiger partial charge in [0.1, 0.15) is 18.0 Å². The molecule has 0 spiro atoms. The van der Waals surface area contributed by atoms with E-state index in [1.54, 1.807) is 10.9 Å². The van der Waals surface area contributed by atoms with Crippen molar-refractivity contribution in [1.82, 2.24) is 39.5 Å². The number of nitrogens with one attached hydrogen (secondary N) is 2. The molecule has 1 saturated carbocycles. The van der Waals surface area contributed by atoms with Gasteiger partial charge in [0, 0.05) is 74.9 Å². The molecule has 5 aromatic rings. The summed E-state index contributed by atoms with van der Waals surface area (Å²) in [5, 5.41) is 15.0. The quantitative estimate of drug-likeness (QED) is 0.137. The molecule has 1 aliphatic carbocycles. The molecule has 348 valence electrons. The van der Waals surface area contributed by atoms with Crippen LogP contribution in [0.4, 0.5) is 20.3 Å². The van der Waals surface area contributed by atoms with Crippen LogP contribution in [0.25, 0.3) is 16.6 Å². The number of amides is 4. The molecule has 67 heavy (non-hydrogen) atoms. The number of benzene rings is 2. The van der Waals surface area contributed by atoms with Gasteiger partial charge in [-0.1, -0.05) is 24.0 Å². The molecule has 8 heterocycles. The number of carbonyl (C=O) groups excluding carboxylic acids is 4. The SMILES string of the molecule is Cn1nc(C2CCC(=O)NC2=O)c2cccc(C#CCOC3CCN(CC4CCC(N5Cc6cc(NC(=O)c7cnn8ccc(N9C[C@H]%10C[C@@H]9CO%10)nc78)c(C(F)F)cc6C5=O)CC4)CC3)c21. The average Bonchev–Trinajstić information content (AvgIpc) is 4.18. The number of piperidine rings is 2. The van der Waals surface area contributed by atoms with Gasteiger partial charge in [0.15, 0.2) is 5.65 Å². The van der Waals surface area contributed by atoms with Gasteiger partial charge in [-0.15, -0.1) is 0 Å². The largest absolute Gasteiger partial charge is 0.374 e. The van der Waals surface area contributed by atoms with Crippen molar-refractivity contribution < 1.29 is 37.4 Å². The van der Waals surface area contributed by atoms with Crippen LogP contribution >= 0.6 is 0 Å². The van der Waals surface area contributed by atoms with Crippen molar-refractivity contribution in [2.45, 2.75) is 101 Å². The predicted molar refractivity (Wildman–Crippen MR) is 242 cm³/mol. The number of imide groups is 1. The summed E-state index contributed by atoms with van der Waals surface area (Å²) in [7, 11) is 1.84. The van der Waals surface area contributed by atoms with E-state index in [0.29, 0.717) is 54.8 Å². The highest BCUT2D eigenvalue weighted by Gasteiger charge is 2.41. The second-order valence-corrected chi connectivity index (χ2v) is 18.9. The zero-order valence-corrected chi connectivity index (χ0v) is 37.3. The van der Waals surface area contributed by atoms with Gasteiger partial charge in [0.25, 0.3) is 18.2 Å². The number of hydrogen-bond donors (Lipinski definition) is 2. The van der Waals surface area contributed by atoms with Crippen LogP contribution in [0.3, 0.4) is 0 Å². The molecule has 2 bridgehead atoms. The van der Waals surface area contributed by atoms with Gasteiger partial charge < -0.3 is 29.5 Å². The number of fused-ring (bicyclic) bond motifs is 5. The molecule has 2 aromatic carbocycles. The molecule has 1 unspecified atom stereocenters. The van der Waals surface area contributed by atoms with Crippen molar-refractivity contribution >= 4 is 51.7 Å². The predicted octanol–water partition coefficient (Wildman–Crippen LogP) is 5.35. The second kappa shape index (κ2) is 17.7. The van der Waals surface area contributed by atoms with Crippen LogP contribution in [0.1, 0.15) is 113 Å². The number of aromatic nitrogens is 5. The van der Waals surface area contributed by atoms with Gasteiger partial charge in [-0.05, 0) is 87.1 Å². The second-order valence-electron chi connectivity index (χ2n) is 18.9. The van der Waals surface area contributed by atoms with Gasteiger partial charge in [-0.25, -0.2) is 18.3 Å². The fourth-order valence-electron chi connectivity index (χ4n) is 11.3. The molecule has 2 N–H and O–H groups in total. The third-order valence-corrected chi connectivity index (χ3v) is 14.8. The highest BCUT2D eigenvalue weighted by atomic mass is 19.3. The van der Waals surface area contributed by atoms with E-state index >= 15 is 0 Å². The molecule has 6 aliphatic rings. The Bertz CT molecular complexity index is 2850. The average molecular weight is 915 g/mol. The van der Waals surface area contributed by atoms with Crippen LogP contribution in [0.2, 0.25) is 0 Å². The summed E-state index contributed by atoms with van der Waals surface area (Å²) in [5.74, 6) is 5.78. The van der Waals surface area contributed by atoms with E-state index in [1.807, 2.05) is 36.2 Å². The fourth-order valence-corrected chi connectivity index (χ4v) is 11.3. The Kier molecular flexibility index (Phi) is 11.5. The molecule has 5 fully saturated rings. The van der Waals surface area contributed by atoms with E-state index < -0.39 is 23.8 Å². The van der Waals surface area contributed by atoms with Gasteiger partial charge >= 0.3 is 0 Å². The number of rotatable bonds is 10. The van der Waals surface area contributed by atoms with Gasteiger partial charge in [-0.3, -0.25) is 29.2 Å². The first-order valence-electron chi connectivity index (χ1n) is 23.5. The highest BCUT2D eigenvalue weighted by Crippen LogP contribution is 2.39. The summed E-state index contributed by atoms with van der Waals surface area (Å²) in [6.07, 6.45) is 7.63. The van der Waals surface area contributed by atoms with E-state index in [1.165, 1.54) is 22.8 Å². The maximum absolute atomic E-state index is 14.6. The van der Waals surface area contributed by atoms with E-state index in [2.05, 4.69) is 42.5 Å². The lowest BCUT2D eigenvalue weighted by molar-refractivity contribution is -0.134. The molecule has 0 radical (unpaired) electrons. The van der Waals surface area contributed by atoms with Crippen LogP contribution in [0.5, 0.6) is 0 Å². The normalized spacial score (nSPS) is 24.5. The third-order valence-electron chi connectivity index (χ3n) is 14.8. The summed E-state index contributed by atoms with van der Waals surface area (Å²) >= 11 is 0. The minimum atomic E-state index is -2.91. The Balaban J connectivity index is 0.657. The van der Waals surface area contributed by atoms with Crippen molar-refractivity contribution in [2.75, 3.05) is 49.6 Å². The molecule has 16 nitrogen and oxygen atoms in total. The summed E-state index contributed by atoms with van der Waals surface area (Å²) in [6, 6.07) is 10.7. The van der Waals surface area contributed by atoms with Crippen LogP contribution < -0.4 is 15.5 Å². The molecular weight excluding hydrogens is 863 g/mol. The Hall–Kier alpha value is -6.29. The lowest BCUT2D eigenvalue weighted by Crippen LogP contribution is -2.42. The number of likely N-dealkylation sites (tertiary alicyclic amines) is 1. The van der Waals surface area contributed by atoms with Crippen molar-refractivity contribution in [3.8, 4) is 11.8 Å². The van der Waals surface area contributed by atoms with Crippen LogP contribution in [0, 0.1) is 17.8 Å². The molecular formula is C49H52F2N10O6. The third kappa shape index (κ3) is 8.31. The van der Waals surface area contributed by atoms with Crippen molar-refractivity contribution in [1.29, 1.82) is 0 Å². The Morgan fingerprint density at radius 2 is 1.87 bits per heavy atom. The smallest absolute Gasteiger partial charge is 0.265 e. The molecule has 4 saturated heterocycles. The molecule has 4 amide bonds. The zero-order chi connectivity index (χ0) is 45.9. The summed E-state index contributed by atoms with van der Waals surface area (Å²) < 4.78 is 44.3. The number of ether oxygens (including phenoxy) is 2. The first-order chi connectivity index (χ1) is 32.5. The number of alkyl halides is 2. The van der Waals surface area contributed by atoms with Crippen molar-refractivity contribution in [3.05, 3.63) is 82.3 Å². The number of aryl methyl sites for hydroxylation is 1. The highest BCUT2D eigenvalue weighted by molar-refractivity contribution is 6.09. The zero-order valence-electron chi connectivity index (χ0n) is 37.3. The molecule has 5 aliphatic heterocycles. The number of para-hydroxylation sites is 1. The maximum Gasteiger partial charge on any atom is 0.265 e. The minimum Gasteiger partial charge on any atom is -0.374 e. The molecule has 3 atom stereocenters. The van der Waals surface area contributed by atoms with Gasteiger partial charge in [-0.2, -0.15) is 10.2 Å². The van der Waals surface area contributed by atoms with Crippen LogP contribution in [-0.2, 0) is 32.7 Å². The summed E-state index contributed by atoms with van der Waals surface area (Å²) in [4.78, 5) is 63.0. The summed E-state index contributed by atoms with van der Waals surface area (Å²) in [5.41, 5.74) is 3.29. The standard InChI is InChI=1S/C49H52F2N10O6/c1-57-44-29(4-2-6-35(44)43(56-57)36-11-12-42(62)55-47(36)63)5-3-19-66-33-13-16-58(17-14-33)24-28-7-9-31(10-8-28)60-25-30-20-40(38(45(50)51)22-37(30)49(60)65)53-48(64)39-23-52-61-18-15-41(54-46(39)61)59-26-34-21-32(59)27-67-34/h2,4,6,15,18,20,22-23,28,31-34,36,45H,7-14,16-17,19,21,24-27H2,1H3,(H,53,64)(H,55,62,63)/t28?,31?,32-,34-,36?/m1/s1. The van der Waals surface area contributed by atoms with Crippen molar-refractivity contribution in [3.63, 3.8) is 0 Å². The minimum absolute atomic E-state index is 0.0122. The first-order valence-corrected chi connectivity index (χ1v) is 23.5. The van der Waals surface area contributed by atoms with E-state index in [4.69, 9.17) is 14.5 Å². The first kappa shape index (κ1) is 43.3. The molecule has 3 aromatic heterocycles. The lowest BCUT2D eigenvalue weighted by atomic mass is 9.84. The van der Waals surface area contributed by atoms with Crippen LogP contribution in [0.15, 0.2) is 48.8 Å². The van der Waals surface area contributed by atoms with Crippen molar-refractivity contribution in [2.24, 2.45) is 13.0 Å². The maximum atomic E-state index is 14.6. The Morgan fingerprint density at radius 1 is 1.03 bits per heavy atom. The topological polar surface area (TPSA) is 169 Å². The Morgan fingerprint density at radius 3 is 2.63 bits per heavy atom. The number of carbonyl (C=O) groups is 4. The van der Waals surface area contributed by atoms with E-state index in [9.17, 15) is 28.0 Å². The monoisotopic (exact) mass is 914 g/mol.